The molecule has 0 aromatic heterocycles. The summed E-state index contributed by atoms with van der Waals surface area (Å²) in [6.45, 7) is 12.0. The Kier molecular flexibility index (Phi) is 10.8. The number of benzene rings is 2. The van der Waals surface area contributed by atoms with E-state index in [2.05, 4.69) is 25.8 Å². The van der Waals surface area contributed by atoms with Crippen molar-refractivity contribution in [2.45, 2.75) is 48.0 Å². The first-order chi connectivity index (χ1) is 15.1. The molecule has 0 unspecified atom stereocenters. The second kappa shape index (κ2) is 12.7. The lowest BCUT2D eigenvalue weighted by molar-refractivity contribution is -0.114. The number of methoxy groups -OCH3 is 2. The van der Waals surface area contributed by atoms with E-state index in [4.69, 9.17) is 18.9 Å². The van der Waals surface area contributed by atoms with E-state index in [1.165, 1.54) is 19.4 Å². The highest BCUT2D eigenvalue weighted by atomic mass is 16.7. The zero-order valence-electron chi connectivity index (χ0n) is 20.9. The van der Waals surface area contributed by atoms with Crippen molar-refractivity contribution in [2.75, 3.05) is 28.1 Å². The zero-order valence-corrected chi connectivity index (χ0v) is 20.9. The van der Waals surface area contributed by atoms with Crippen LogP contribution in [0.2, 0.25) is 0 Å². The predicted molar refractivity (Wildman–Crippen MR) is 130 cm³/mol. The van der Waals surface area contributed by atoms with E-state index in [0.717, 1.165) is 40.7 Å². The molecule has 6 heteroatoms. The van der Waals surface area contributed by atoms with Gasteiger partial charge in [0, 0.05) is 18.2 Å². The van der Waals surface area contributed by atoms with Gasteiger partial charge in [-0.15, -0.1) is 0 Å². The predicted octanol–water partition coefficient (Wildman–Crippen LogP) is 5.88. The lowest BCUT2D eigenvalue weighted by atomic mass is 9.81. The topological polar surface area (TPSA) is 66.4 Å². The first-order valence-electron chi connectivity index (χ1n) is 10.6. The molecule has 1 aliphatic rings. The zero-order chi connectivity index (χ0) is 24.3. The molecule has 3 rings (SSSR count). The maximum Gasteiger partial charge on any atom is 0.231 e. The number of carbonyl (C=O) groups is 1. The molecular formula is C26H37NO5. The molecule has 0 saturated carbocycles. The fourth-order valence-corrected chi connectivity index (χ4v) is 2.98. The van der Waals surface area contributed by atoms with Gasteiger partial charge in [0.1, 0.15) is 5.78 Å². The maximum atomic E-state index is 9.44. The molecule has 0 amide bonds. The van der Waals surface area contributed by atoms with Crippen molar-refractivity contribution in [1.29, 1.82) is 0 Å². The Bertz CT molecular complexity index is 914. The van der Waals surface area contributed by atoms with Crippen LogP contribution in [0.1, 0.15) is 52.2 Å². The van der Waals surface area contributed by atoms with E-state index in [1.807, 2.05) is 50.4 Å². The molecular weight excluding hydrogens is 406 g/mol. The van der Waals surface area contributed by atoms with Crippen molar-refractivity contribution in [3.63, 3.8) is 0 Å². The maximum absolute atomic E-state index is 9.44. The standard InChI is InChI=1S/C15H23NO2.C8H8O2.C3H6O/c1-7-15(2,3)14(16-4)11-8-9-12(17-5)13(10-11)18-6;1-6-2-3-7-8(4-6)10-5-9-7;1-3(2)4/h8-10H,7H2,1-6H3;2-4H,5H2,1H3;1-2H3. The van der Waals surface area contributed by atoms with E-state index in [-0.39, 0.29) is 11.2 Å². The van der Waals surface area contributed by atoms with Crippen LogP contribution in [0.25, 0.3) is 0 Å². The smallest absolute Gasteiger partial charge is 0.231 e. The number of aliphatic imine (C=N–C) groups is 1. The summed E-state index contributed by atoms with van der Waals surface area (Å²) in [7, 11) is 5.13. The third-order valence-corrected chi connectivity index (χ3v) is 4.93. The Morgan fingerprint density at radius 1 is 1.00 bits per heavy atom. The second-order valence-electron chi connectivity index (χ2n) is 8.14. The normalized spacial score (nSPS) is 12.1. The number of carbonyl (C=O) groups excluding carboxylic acids is 1. The molecule has 32 heavy (non-hydrogen) atoms. The van der Waals surface area contributed by atoms with E-state index >= 15 is 0 Å². The van der Waals surface area contributed by atoms with Crippen LogP contribution in [0.15, 0.2) is 41.4 Å². The summed E-state index contributed by atoms with van der Waals surface area (Å²) in [6, 6.07) is 11.8. The Labute approximate surface area is 192 Å². The highest BCUT2D eigenvalue weighted by Crippen LogP contribution is 2.33. The van der Waals surface area contributed by atoms with Crippen LogP contribution >= 0.6 is 0 Å². The lowest BCUT2D eigenvalue weighted by Gasteiger charge is -2.25. The van der Waals surface area contributed by atoms with Crippen molar-refractivity contribution in [3.8, 4) is 23.0 Å². The van der Waals surface area contributed by atoms with Crippen molar-refractivity contribution in [3.05, 3.63) is 47.5 Å². The van der Waals surface area contributed by atoms with E-state index in [1.54, 1.807) is 14.2 Å². The summed E-state index contributed by atoms with van der Waals surface area (Å²) in [5.41, 5.74) is 3.42. The number of ketones is 1. The molecule has 0 N–H and O–H groups in total. The van der Waals surface area contributed by atoms with Crippen LogP contribution in [0, 0.1) is 12.3 Å². The van der Waals surface area contributed by atoms with Gasteiger partial charge in [-0.1, -0.05) is 26.8 Å². The van der Waals surface area contributed by atoms with E-state index < -0.39 is 0 Å². The highest BCUT2D eigenvalue weighted by molar-refractivity contribution is 6.04. The molecule has 2 aromatic rings. The molecule has 0 spiro atoms. The van der Waals surface area contributed by atoms with Gasteiger partial charge in [0.25, 0.3) is 0 Å². The summed E-state index contributed by atoms with van der Waals surface area (Å²) in [6.07, 6.45) is 1.04. The molecule has 0 bridgehead atoms. The summed E-state index contributed by atoms with van der Waals surface area (Å²) in [5, 5.41) is 0. The largest absolute Gasteiger partial charge is 0.493 e. The molecule has 176 valence electrons. The fraction of sp³-hybridized carbons (Fsp3) is 0.462. The van der Waals surface area contributed by atoms with Gasteiger partial charge in [-0.2, -0.15) is 0 Å². The van der Waals surface area contributed by atoms with E-state index in [0.29, 0.717) is 6.79 Å². The molecule has 0 saturated heterocycles. The van der Waals surface area contributed by atoms with Gasteiger partial charge in [0.2, 0.25) is 6.79 Å². The quantitative estimate of drug-likeness (QED) is 0.540. The van der Waals surface area contributed by atoms with Gasteiger partial charge < -0.3 is 23.7 Å². The molecule has 0 fully saturated rings. The number of ether oxygens (including phenoxy) is 4. The number of nitrogens with zero attached hydrogens (tertiary/aromatic N) is 1. The van der Waals surface area contributed by atoms with Crippen molar-refractivity contribution in [1.82, 2.24) is 0 Å². The Balaban J connectivity index is 0.000000303. The van der Waals surface area contributed by atoms with Crippen LogP contribution in [0.3, 0.4) is 0 Å². The fourth-order valence-electron chi connectivity index (χ4n) is 2.98. The van der Waals surface area contributed by atoms with Gasteiger partial charge in [-0.05, 0) is 68.7 Å². The number of aryl methyl sites for hydroxylation is 1. The minimum absolute atomic E-state index is 0.0500. The number of rotatable bonds is 5. The van der Waals surface area contributed by atoms with E-state index in [9.17, 15) is 4.79 Å². The van der Waals surface area contributed by atoms with Crippen LogP contribution in [0.5, 0.6) is 23.0 Å². The molecule has 1 aliphatic heterocycles. The number of fused-ring (bicyclic) bond motifs is 1. The Morgan fingerprint density at radius 2 is 1.59 bits per heavy atom. The van der Waals surface area contributed by atoms with Gasteiger partial charge in [0.05, 0.1) is 14.2 Å². The minimum atomic E-state index is 0.0500. The average molecular weight is 444 g/mol. The summed E-state index contributed by atoms with van der Waals surface area (Å²) in [5.74, 6) is 3.36. The van der Waals surface area contributed by atoms with Crippen molar-refractivity contribution >= 4 is 11.5 Å². The third kappa shape index (κ3) is 7.91. The Hall–Kier alpha value is -3.02. The first kappa shape index (κ1) is 27.0. The molecule has 6 nitrogen and oxygen atoms in total. The molecule has 0 atom stereocenters. The Morgan fingerprint density at radius 3 is 2.12 bits per heavy atom. The van der Waals surface area contributed by atoms with Gasteiger partial charge in [-0.3, -0.25) is 4.99 Å². The van der Waals surface area contributed by atoms with Crippen LogP contribution in [-0.2, 0) is 4.79 Å². The molecule has 2 aromatic carbocycles. The first-order valence-corrected chi connectivity index (χ1v) is 10.6. The summed E-state index contributed by atoms with van der Waals surface area (Å²) in [4.78, 5) is 13.9. The monoisotopic (exact) mass is 443 g/mol. The van der Waals surface area contributed by atoms with Gasteiger partial charge >= 0.3 is 0 Å². The number of hydrogen-bond acceptors (Lipinski definition) is 6. The van der Waals surface area contributed by atoms with Crippen LogP contribution < -0.4 is 18.9 Å². The molecule has 0 radical (unpaired) electrons. The average Bonchev–Trinajstić information content (AvgIpc) is 3.21. The van der Waals surface area contributed by atoms with Gasteiger partial charge in [0.15, 0.2) is 23.0 Å². The summed E-state index contributed by atoms with van der Waals surface area (Å²) < 4.78 is 20.9. The number of hydrogen-bond donors (Lipinski definition) is 0. The van der Waals surface area contributed by atoms with Crippen LogP contribution in [0.4, 0.5) is 0 Å². The van der Waals surface area contributed by atoms with Crippen molar-refractivity contribution in [2.24, 2.45) is 10.4 Å². The van der Waals surface area contributed by atoms with Crippen LogP contribution in [-0.4, -0.2) is 39.6 Å². The SMILES string of the molecule is CC(C)=O.CCC(C)(C)C(=NC)c1ccc(OC)c(OC)c1.Cc1ccc2c(c1)OCO2. The lowest BCUT2D eigenvalue weighted by Crippen LogP contribution is -2.24. The third-order valence-electron chi connectivity index (χ3n) is 4.93. The van der Waals surface area contributed by atoms with Crippen molar-refractivity contribution < 1.29 is 23.7 Å². The highest BCUT2D eigenvalue weighted by Gasteiger charge is 2.24. The van der Waals surface area contributed by atoms with Gasteiger partial charge in [-0.25, -0.2) is 0 Å². The molecule has 1 heterocycles. The minimum Gasteiger partial charge on any atom is -0.493 e. The molecule has 0 aliphatic carbocycles. The second-order valence-corrected chi connectivity index (χ2v) is 8.14. The number of Topliss-reactive ketones (excluding diaryl/α,β-unsaturated/α-hetero) is 1. The summed E-state index contributed by atoms with van der Waals surface area (Å²) >= 11 is 0.